The molecule has 152 valence electrons. The summed E-state index contributed by atoms with van der Waals surface area (Å²) in [5.41, 5.74) is 3.12. The maximum absolute atomic E-state index is 13.0. The van der Waals surface area contributed by atoms with Gasteiger partial charge in [-0.25, -0.2) is 4.79 Å². The van der Waals surface area contributed by atoms with Gasteiger partial charge in [0.1, 0.15) is 4.83 Å². The second kappa shape index (κ2) is 8.20. The summed E-state index contributed by atoms with van der Waals surface area (Å²) in [7, 11) is 0. The van der Waals surface area contributed by atoms with Gasteiger partial charge in [0.05, 0.1) is 18.8 Å². The highest BCUT2D eigenvalue weighted by molar-refractivity contribution is 7.19. The molecule has 2 heterocycles. The molecule has 0 aliphatic heterocycles. The van der Waals surface area contributed by atoms with Gasteiger partial charge < -0.3 is 14.6 Å². The molecule has 7 heteroatoms. The van der Waals surface area contributed by atoms with Gasteiger partial charge in [0.2, 0.25) is 5.91 Å². The lowest BCUT2D eigenvalue weighted by Gasteiger charge is -2.14. The topological polar surface area (TPSA) is 60.3 Å². The number of aryl methyl sites for hydroxylation is 2. The SMILES string of the molecule is CCOC(=O)c1c(NC(C)=O)c2c3c(sc2n1Cc1ccccc1Cl)CCCC3. The van der Waals surface area contributed by atoms with E-state index in [4.69, 9.17) is 16.3 Å². The van der Waals surface area contributed by atoms with E-state index in [9.17, 15) is 9.59 Å². The maximum Gasteiger partial charge on any atom is 0.357 e. The number of amides is 1. The Bertz CT molecular complexity index is 1100. The highest BCUT2D eigenvalue weighted by Gasteiger charge is 2.30. The largest absolute Gasteiger partial charge is 0.461 e. The summed E-state index contributed by atoms with van der Waals surface area (Å²) in [6.07, 6.45) is 4.28. The van der Waals surface area contributed by atoms with Crippen LogP contribution in [0, 0.1) is 0 Å². The predicted octanol–water partition coefficient (Wildman–Crippen LogP) is 5.42. The lowest BCUT2D eigenvalue weighted by atomic mass is 9.96. The Balaban J connectivity index is 1.99. The quantitative estimate of drug-likeness (QED) is 0.550. The van der Waals surface area contributed by atoms with Gasteiger partial charge in [-0.1, -0.05) is 29.8 Å². The molecule has 0 unspecified atom stereocenters. The number of hydrogen-bond acceptors (Lipinski definition) is 4. The van der Waals surface area contributed by atoms with Gasteiger partial charge in [-0.15, -0.1) is 11.3 Å². The normalized spacial score (nSPS) is 13.3. The number of benzene rings is 1. The Labute approximate surface area is 178 Å². The molecule has 0 saturated carbocycles. The van der Waals surface area contributed by atoms with Gasteiger partial charge in [0.15, 0.2) is 5.69 Å². The molecule has 1 amide bonds. The number of halogens is 1. The van der Waals surface area contributed by atoms with E-state index in [1.807, 2.05) is 28.8 Å². The Morgan fingerprint density at radius 3 is 2.72 bits per heavy atom. The van der Waals surface area contributed by atoms with Gasteiger partial charge >= 0.3 is 5.97 Å². The first-order valence-electron chi connectivity index (χ1n) is 9.86. The molecular formula is C22H23ClN2O3S. The van der Waals surface area contributed by atoms with Crippen molar-refractivity contribution < 1.29 is 14.3 Å². The van der Waals surface area contributed by atoms with Crippen molar-refractivity contribution in [2.45, 2.75) is 46.1 Å². The monoisotopic (exact) mass is 430 g/mol. The van der Waals surface area contributed by atoms with Crippen LogP contribution in [-0.4, -0.2) is 23.1 Å². The van der Waals surface area contributed by atoms with Gasteiger partial charge in [0, 0.05) is 22.2 Å². The molecule has 29 heavy (non-hydrogen) atoms. The fourth-order valence-electron chi connectivity index (χ4n) is 4.01. The van der Waals surface area contributed by atoms with Crippen molar-refractivity contribution in [1.29, 1.82) is 0 Å². The van der Waals surface area contributed by atoms with Crippen molar-refractivity contribution in [3.05, 3.63) is 51.0 Å². The molecule has 2 aromatic heterocycles. The van der Waals surface area contributed by atoms with E-state index in [0.29, 0.717) is 22.9 Å². The van der Waals surface area contributed by atoms with Crippen LogP contribution in [0.5, 0.6) is 0 Å². The first-order chi connectivity index (χ1) is 14.0. The Kier molecular flexibility index (Phi) is 5.65. The number of thiophene rings is 1. The average molecular weight is 431 g/mol. The molecule has 1 aliphatic rings. The van der Waals surface area contributed by atoms with Crippen LogP contribution in [0.15, 0.2) is 24.3 Å². The van der Waals surface area contributed by atoms with Crippen LogP contribution in [-0.2, 0) is 28.9 Å². The van der Waals surface area contributed by atoms with Crippen LogP contribution < -0.4 is 5.32 Å². The summed E-state index contributed by atoms with van der Waals surface area (Å²) in [6, 6.07) is 7.61. The zero-order chi connectivity index (χ0) is 20.5. The molecule has 0 radical (unpaired) electrons. The fraction of sp³-hybridized carbons (Fsp3) is 0.364. The standard InChI is InChI=1S/C22H23ClN2O3S/c1-3-28-22(27)20-19(24-13(2)26)18-15-9-5-7-11-17(15)29-21(18)25(20)12-14-8-4-6-10-16(14)23/h4,6,8,10H,3,5,7,9,11-12H2,1-2H3,(H,24,26). The third kappa shape index (κ3) is 3.67. The summed E-state index contributed by atoms with van der Waals surface area (Å²) in [4.78, 5) is 27.3. The third-order valence-corrected chi connectivity index (χ3v) is 6.89. The van der Waals surface area contributed by atoms with Crippen molar-refractivity contribution in [2.75, 3.05) is 11.9 Å². The lowest BCUT2D eigenvalue weighted by Crippen LogP contribution is -2.17. The number of anilines is 1. The Hall–Kier alpha value is -2.31. The average Bonchev–Trinajstić information content (AvgIpc) is 3.19. The number of esters is 1. The first-order valence-corrected chi connectivity index (χ1v) is 11.1. The number of nitrogens with one attached hydrogen (secondary N) is 1. The van der Waals surface area contributed by atoms with Gasteiger partial charge in [-0.2, -0.15) is 0 Å². The van der Waals surface area contributed by atoms with Gasteiger partial charge in [-0.05, 0) is 49.8 Å². The van der Waals surface area contributed by atoms with Crippen LogP contribution in [0.1, 0.15) is 53.2 Å². The number of carbonyl (C=O) groups excluding carboxylic acids is 2. The zero-order valence-electron chi connectivity index (χ0n) is 16.5. The number of rotatable bonds is 5. The van der Waals surface area contributed by atoms with Crippen molar-refractivity contribution in [2.24, 2.45) is 0 Å². The molecule has 1 N–H and O–H groups in total. The minimum atomic E-state index is -0.434. The zero-order valence-corrected chi connectivity index (χ0v) is 18.1. The minimum Gasteiger partial charge on any atom is -0.461 e. The molecule has 0 fully saturated rings. The summed E-state index contributed by atoms with van der Waals surface area (Å²) in [6.45, 7) is 3.94. The molecule has 0 bridgehead atoms. The van der Waals surface area contributed by atoms with Crippen molar-refractivity contribution in [1.82, 2.24) is 4.57 Å². The van der Waals surface area contributed by atoms with Crippen molar-refractivity contribution >= 4 is 50.7 Å². The van der Waals surface area contributed by atoms with E-state index >= 15 is 0 Å². The molecule has 0 saturated heterocycles. The molecule has 1 aliphatic carbocycles. The van der Waals surface area contributed by atoms with Crippen molar-refractivity contribution in [3.8, 4) is 0 Å². The number of aromatic nitrogens is 1. The van der Waals surface area contributed by atoms with Crippen LogP contribution in [0.3, 0.4) is 0 Å². The van der Waals surface area contributed by atoms with Crippen LogP contribution >= 0.6 is 22.9 Å². The van der Waals surface area contributed by atoms with Gasteiger partial charge in [-0.3, -0.25) is 4.79 Å². The van der Waals surface area contributed by atoms with E-state index in [2.05, 4.69) is 5.32 Å². The maximum atomic E-state index is 13.0. The van der Waals surface area contributed by atoms with Crippen LogP contribution in [0.4, 0.5) is 5.69 Å². The van der Waals surface area contributed by atoms with E-state index < -0.39 is 5.97 Å². The van der Waals surface area contributed by atoms with Crippen LogP contribution in [0.25, 0.3) is 10.2 Å². The number of carbonyl (C=O) groups is 2. The lowest BCUT2D eigenvalue weighted by molar-refractivity contribution is -0.114. The minimum absolute atomic E-state index is 0.205. The second-order valence-corrected chi connectivity index (χ2v) is 8.68. The highest BCUT2D eigenvalue weighted by atomic mass is 35.5. The third-order valence-electron chi connectivity index (χ3n) is 5.21. The van der Waals surface area contributed by atoms with E-state index in [1.54, 1.807) is 18.3 Å². The van der Waals surface area contributed by atoms with Crippen molar-refractivity contribution in [3.63, 3.8) is 0 Å². The fourth-order valence-corrected chi connectivity index (χ4v) is 5.61. The summed E-state index contributed by atoms with van der Waals surface area (Å²) >= 11 is 8.12. The Morgan fingerprint density at radius 2 is 2.00 bits per heavy atom. The summed E-state index contributed by atoms with van der Waals surface area (Å²) < 4.78 is 7.32. The first kappa shape index (κ1) is 20.0. The van der Waals surface area contributed by atoms with E-state index in [1.165, 1.54) is 23.8 Å². The number of nitrogens with zero attached hydrogens (tertiary/aromatic N) is 1. The predicted molar refractivity (Wildman–Crippen MR) is 117 cm³/mol. The Morgan fingerprint density at radius 1 is 1.24 bits per heavy atom. The second-order valence-electron chi connectivity index (χ2n) is 7.19. The summed E-state index contributed by atoms with van der Waals surface area (Å²) in [5.74, 6) is -0.639. The molecule has 4 rings (SSSR count). The molecule has 3 aromatic rings. The highest BCUT2D eigenvalue weighted by Crippen LogP contribution is 2.44. The molecule has 0 atom stereocenters. The number of ether oxygens (including phenoxy) is 1. The number of fused-ring (bicyclic) bond motifs is 3. The number of hydrogen-bond donors (Lipinski definition) is 1. The molecule has 5 nitrogen and oxygen atoms in total. The smallest absolute Gasteiger partial charge is 0.357 e. The molecule has 0 spiro atoms. The van der Waals surface area contributed by atoms with E-state index in [0.717, 1.165) is 35.0 Å². The van der Waals surface area contributed by atoms with Gasteiger partial charge in [0.25, 0.3) is 0 Å². The van der Waals surface area contributed by atoms with Crippen LogP contribution in [0.2, 0.25) is 5.02 Å². The van der Waals surface area contributed by atoms with E-state index in [-0.39, 0.29) is 12.5 Å². The molecular weight excluding hydrogens is 408 g/mol. The molecule has 1 aromatic carbocycles. The summed E-state index contributed by atoms with van der Waals surface area (Å²) in [5, 5.41) is 4.55.